The molecule has 0 aliphatic heterocycles. The second-order valence-electron chi connectivity index (χ2n) is 9.63. The van der Waals surface area contributed by atoms with E-state index < -0.39 is 43.7 Å². The molecule has 7 N–H and O–H groups in total. The smallest absolute Gasteiger partial charge is 0.220 e. The molecule has 0 bridgehead atoms. The predicted octanol–water partition coefficient (Wildman–Crippen LogP) is 1.95. The van der Waals surface area contributed by atoms with Crippen LogP contribution in [0.15, 0.2) is 12.2 Å². The van der Waals surface area contributed by atoms with E-state index in [9.17, 15) is 30.3 Å². The summed E-state index contributed by atoms with van der Waals surface area (Å²) in [4.78, 5) is 11.9. The largest absolute Gasteiger partial charge is 0.394 e. The van der Waals surface area contributed by atoms with Crippen molar-refractivity contribution in [1.82, 2.24) is 5.32 Å². The van der Waals surface area contributed by atoms with Crippen molar-refractivity contribution < 1.29 is 40.2 Å². The lowest BCUT2D eigenvalue weighted by Gasteiger charge is -2.25. The van der Waals surface area contributed by atoms with E-state index in [4.69, 9.17) is 9.84 Å². The van der Waals surface area contributed by atoms with E-state index in [0.717, 1.165) is 32.1 Å². The topological polar surface area (TPSA) is 160 Å². The average molecular weight is 520 g/mol. The van der Waals surface area contributed by atoms with Crippen molar-refractivity contribution in [2.75, 3.05) is 26.4 Å². The molecule has 0 rings (SSSR count). The van der Waals surface area contributed by atoms with Gasteiger partial charge in [-0.2, -0.15) is 0 Å². The van der Waals surface area contributed by atoms with Crippen LogP contribution in [0.25, 0.3) is 0 Å². The lowest BCUT2D eigenvalue weighted by atomic mass is 10.0. The molecule has 0 radical (unpaired) electrons. The summed E-state index contributed by atoms with van der Waals surface area (Å²) >= 11 is 0. The molecule has 0 heterocycles. The molecule has 0 spiro atoms. The van der Waals surface area contributed by atoms with Gasteiger partial charge in [-0.05, 0) is 32.1 Å². The first kappa shape index (κ1) is 34.9. The van der Waals surface area contributed by atoms with E-state index in [0.29, 0.717) is 6.42 Å². The van der Waals surface area contributed by atoms with Gasteiger partial charge in [0.2, 0.25) is 5.91 Å². The molecule has 214 valence electrons. The van der Waals surface area contributed by atoms with Crippen molar-refractivity contribution in [2.24, 2.45) is 0 Å². The molecular weight excluding hydrogens is 466 g/mol. The van der Waals surface area contributed by atoms with Gasteiger partial charge in [0.15, 0.2) is 0 Å². The van der Waals surface area contributed by atoms with E-state index in [1.807, 2.05) is 0 Å². The van der Waals surface area contributed by atoms with Gasteiger partial charge in [-0.25, -0.2) is 0 Å². The van der Waals surface area contributed by atoms with E-state index in [-0.39, 0.29) is 19.1 Å². The van der Waals surface area contributed by atoms with Crippen LogP contribution in [-0.4, -0.2) is 93.4 Å². The first-order valence-electron chi connectivity index (χ1n) is 13.8. The highest BCUT2D eigenvalue weighted by Crippen LogP contribution is 2.10. The second-order valence-corrected chi connectivity index (χ2v) is 9.63. The van der Waals surface area contributed by atoms with Gasteiger partial charge in [-0.15, -0.1) is 0 Å². The molecule has 9 heteroatoms. The van der Waals surface area contributed by atoms with E-state index >= 15 is 0 Å². The van der Waals surface area contributed by atoms with Gasteiger partial charge in [-0.1, -0.05) is 70.4 Å². The number of nitrogens with one attached hydrogen (secondary N) is 1. The minimum absolute atomic E-state index is 0.00834. The molecule has 1 amide bonds. The first-order valence-corrected chi connectivity index (χ1v) is 13.8. The Kier molecular flexibility index (Phi) is 23.6. The fraction of sp³-hybridized carbons (Fsp3) is 0.889. The Morgan fingerprint density at radius 2 is 1.28 bits per heavy atom. The minimum Gasteiger partial charge on any atom is -0.394 e. The van der Waals surface area contributed by atoms with Crippen molar-refractivity contribution >= 4 is 5.91 Å². The second kappa shape index (κ2) is 24.3. The Balaban J connectivity index is 3.60. The molecule has 0 fully saturated rings. The maximum absolute atomic E-state index is 11.9. The maximum atomic E-state index is 11.9. The molecule has 0 aliphatic carbocycles. The number of hydrogen-bond acceptors (Lipinski definition) is 8. The minimum atomic E-state index is -1.73. The Bertz CT molecular complexity index is 534. The number of aliphatic hydroxyl groups is 6. The highest BCUT2D eigenvalue weighted by Gasteiger charge is 2.30. The van der Waals surface area contributed by atoms with Crippen LogP contribution in [0.1, 0.15) is 96.8 Å². The maximum Gasteiger partial charge on any atom is 0.220 e. The van der Waals surface area contributed by atoms with Crippen LogP contribution in [0, 0.1) is 0 Å². The van der Waals surface area contributed by atoms with Gasteiger partial charge in [0.05, 0.1) is 25.9 Å². The molecule has 0 aromatic carbocycles. The Labute approximate surface area is 217 Å². The van der Waals surface area contributed by atoms with Crippen LogP contribution in [0.2, 0.25) is 0 Å². The van der Waals surface area contributed by atoms with Crippen molar-refractivity contribution in [3.8, 4) is 0 Å². The van der Waals surface area contributed by atoms with Crippen LogP contribution < -0.4 is 5.32 Å². The van der Waals surface area contributed by atoms with Gasteiger partial charge in [-0.3, -0.25) is 4.79 Å². The van der Waals surface area contributed by atoms with Crippen LogP contribution in [0.3, 0.4) is 0 Å². The van der Waals surface area contributed by atoms with E-state index in [2.05, 4.69) is 24.4 Å². The lowest BCUT2D eigenvalue weighted by molar-refractivity contribution is -0.132. The molecular formula is C27H53NO8. The number of carbonyl (C=O) groups is 1. The number of unbranched alkanes of at least 4 members (excludes halogenated alkanes) is 11. The third-order valence-electron chi connectivity index (χ3n) is 6.12. The zero-order chi connectivity index (χ0) is 27.0. The molecule has 5 atom stereocenters. The molecule has 36 heavy (non-hydrogen) atoms. The third-order valence-corrected chi connectivity index (χ3v) is 6.12. The average Bonchev–Trinajstić information content (AvgIpc) is 2.88. The molecule has 0 saturated heterocycles. The van der Waals surface area contributed by atoms with Gasteiger partial charge in [0, 0.05) is 13.0 Å². The van der Waals surface area contributed by atoms with Gasteiger partial charge in [0.1, 0.15) is 24.4 Å². The zero-order valence-corrected chi connectivity index (χ0v) is 22.3. The predicted molar refractivity (Wildman–Crippen MR) is 140 cm³/mol. The normalized spacial score (nSPS) is 16.1. The van der Waals surface area contributed by atoms with Crippen LogP contribution in [0.5, 0.6) is 0 Å². The number of allylic oxidation sites excluding steroid dienone is 2. The summed E-state index contributed by atoms with van der Waals surface area (Å²) in [5.41, 5.74) is 0. The van der Waals surface area contributed by atoms with E-state index in [1.54, 1.807) is 0 Å². The Morgan fingerprint density at radius 1 is 0.750 bits per heavy atom. The van der Waals surface area contributed by atoms with Crippen LogP contribution in [-0.2, 0) is 9.53 Å². The van der Waals surface area contributed by atoms with Crippen LogP contribution in [0.4, 0.5) is 0 Å². The van der Waals surface area contributed by atoms with Crippen molar-refractivity contribution in [2.45, 2.75) is 127 Å². The molecule has 0 aliphatic rings. The molecule has 0 aromatic heterocycles. The lowest BCUT2D eigenvalue weighted by Crippen LogP contribution is -2.47. The number of rotatable bonds is 25. The summed E-state index contributed by atoms with van der Waals surface area (Å²) in [6.07, 6.45) is 13.1. The third kappa shape index (κ3) is 20.0. The standard InChI is InChI=1S/C27H53NO8/c1-2-3-4-5-6-7-8-9-10-11-12-13-14-15-16-17-25(33)28-18-22(30)20-36-21-24(32)27(35)26(34)23(31)19-29/h9-10,22-24,26-27,29-32,34-35H,2-8,11-21H2,1H3,(H,28,33)/b10-9-/t22?,23-,24+,26-,27-/m1/s1. The SMILES string of the molecule is CCCCCCCC/C=C\CCCCCCCC(=O)NCC(O)COC[C@H](O)[C@@H](O)[C@H](O)[C@H](O)CO. The van der Waals surface area contributed by atoms with Crippen molar-refractivity contribution in [1.29, 1.82) is 0 Å². The number of aliphatic hydroxyl groups excluding tert-OH is 6. The summed E-state index contributed by atoms with van der Waals surface area (Å²) in [6.45, 7) is 0.909. The van der Waals surface area contributed by atoms with Crippen molar-refractivity contribution in [3.05, 3.63) is 12.2 Å². The molecule has 9 nitrogen and oxygen atoms in total. The Morgan fingerprint density at radius 3 is 1.86 bits per heavy atom. The summed E-state index contributed by atoms with van der Waals surface area (Å²) in [5, 5.41) is 59.5. The number of amides is 1. The van der Waals surface area contributed by atoms with Gasteiger partial charge >= 0.3 is 0 Å². The monoisotopic (exact) mass is 519 g/mol. The number of ether oxygens (including phenoxy) is 1. The molecule has 0 aromatic rings. The fourth-order valence-electron chi connectivity index (χ4n) is 3.72. The van der Waals surface area contributed by atoms with Crippen LogP contribution >= 0.6 is 0 Å². The van der Waals surface area contributed by atoms with E-state index in [1.165, 1.54) is 51.4 Å². The number of hydrogen-bond donors (Lipinski definition) is 7. The molecule has 0 saturated carbocycles. The van der Waals surface area contributed by atoms with Gasteiger partial charge < -0.3 is 40.7 Å². The fourth-order valence-corrected chi connectivity index (χ4v) is 3.72. The highest BCUT2D eigenvalue weighted by atomic mass is 16.5. The van der Waals surface area contributed by atoms with Gasteiger partial charge in [0.25, 0.3) is 0 Å². The highest BCUT2D eigenvalue weighted by molar-refractivity contribution is 5.75. The summed E-state index contributed by atoms with van der Waals surface area (Å²) in [6, 6.07) is 0. The zero-order valence-electron chi connectivity index (χ0n) is 22.3. The van der Waals surface area contributed by atoms with Crippen molar-refractivity contribution in [3.63, 3.8) is 0 Å². The number of carbonyl (C=O) groups excluding carboxylic acids is 1. The summed E-state index contributed by atoms with van der Waals surface area (Å²) in [5.74, 6) is -0.136. The Hall–Kier alpha value is -1.07. The summed E-state index contributed by atoms with van der Waals surface area (Å²) < 4.78 is 5.09. The summed E-state index contributed by atoms with van der Waals surface area (Å²) in [7, 11) is 0. The first-order chi connectivity index (χ1) is 17.3. The molecule has 1 unspecified atom stereocenters. The quantitative estimate of drug-likeness (QED) is 0.0712.